The summed E-state index contributed by atoms with van der Waals surface area (Å²) in [4.78, 5) is 19.4. The molecule has 2 aromatic carbocycles. The van der Waals surface area contributed by atoms with Crippen molar-refractivity contribution >= 4 is 17.0 Å². The van der Waals surface area contributed by atoms with Crippen molar-refractivity contribution in [3.8, 4) is 22.9 Å². The van der Waals surface area contributed by atoms with Gasteiger partial charge in [0.05, 0.1) is 37.4 Å². The number of rotatable bonds is 5. The van der Waals surface area contributed by atoms with E-state index in [2.05, 4.69) is 9.97 Å². The average Bonchev–Trinajstić information content (AvgIpc) is 3.04. The minimum absolute atomic E-state index is 0.379. The molecule has 0 unspecified atom stereocenters. The maximum absolute atomic E-state index is 11.6. The Kier molecular flexibility index (Phi) is 4.37. The van der Waals surface area contributed by atoms with Crippen molar-refractivity contribution in [1.82, 2.24) is 9.97 Å². The number of nitrogens with zero attached hydrogens (tertiary/aromatic N) is 1. The van der Waals surface area contributed by atoms with E-state index >= 15 is 0 Å². The summed E-state index contributed by atoms with van der Waals surface area (Å²) in [5.41, 5.74) is 2.88. The molecule has 124 valence electrons. The first-order valence-electron chi connectivity index (χ1n) is 7.55. The topological polar surface area (TPSA) is 73.4 Å². The van der Waals surface area contributed by atoms with Crippen LogP contribution in [-0.2, 0) is 4.74 Å². The second-order valence-electron chi connectivity index (χ2n) is 5.11. The molecule has 0 aliphatic rings. The molecule has 0 saturated heterocycles. The van der Waals surface area contributed by atoms with E-state index in [0.29, 0.717) is 29.5 Å². The summed E-state index contributed by atoms with van der Waals surface area (Å²) in [6.07, 6.45) is 0. The Bertz CT molecular complexity index is 886. The molecule has 0 atom stereocenters. The van der Waals surface area contributed by atoms with Gasteiger partial charge in [0, 0.05) is 5.56 Å². The number of aromatic nitrogens is 2. The third-order valence-electron chi connectivity index (χ3n) is 3.64. The zero-order chi connectivity index (χ0) is 17.1. The highest BCUT2D eigenvalue weighted by molar-refractivity contribution is 5.94. The Morgan fingerprint density at radius 3 is 2.67 bits per heavy atom. The molecule has 0 spiro atoms. The lowest BCUT2D eigenvalue weighted by molar-refractivity contribution is 0.0601. The number of ether oxygens (including phenoxy) is 3. The Balaban J connectivity index is 2.01. The standard InChI is InChI=1S/C18H18N2O4/c1-4-24-15-8-6-11(10-16(15)22-2)17-19-13-7-5-12(18(21)23-3)9-14(13)20-17/h5-10H,4H2,1-3H3,(H,19,20). The molecule has 1 heterocycles. The Morgan fingerprint density at radius 1 is 1.12 bits per heavy atom. The minimum Gasteiger partial charge on any atom is -0.493 e. The molecule has 0 bridgehead atoms. The van der Waals surface area contributed by atoms with Crippen molar-refractivity contribution in [2.45, 2.75) is 6.92 Å². The second kappa shape index (κ2) is 6.62. The van der Waals surface area contributed by atoms with Gasteiger partial charge in [-0.25, -0.2) is 9.78 Å². The fraction of sp³-hybridized carbons (Fsp3) is 0.222. The lowest BCUT2D eigenvalue weighted by atomic mass is 10.2. The highest BCUT2D eigenvalue weighted by Gasteiger charge is 2.12. The van der Waals surface area contributed by atoms with Gasteiger partial charge in [-0.05, 0) is 43.3 Å². The quantitative estimate of drug-likeness (QED) is 0.727. The van der Waals surface area contributed by atoms with Gasteiger partial charge in [-0.3, -0.25) is 0 Å². The summed E-state index contributed by atoms with van der Waals surface area (Å²) < 4.78 is 15.6. The van der Waals surface area contributed by atoms with E-state index in [1.54, 1.807) is 25.3 Å². The van der Waals surface area contributed by atoms with Crippen LogP contribution in [0.1, 0.15) is 17.3 Å². The van der Waals surface area contributed by atoms with Crippen molar-refractivity contribution in [3.05, 3.63) is 42.0 Å². The number of esters is 1. The number of benzene rings is 2. The number of H-pyrrole nitrogens is 1. The van der Waals surface area contributed by atoms with E-state index in [1.165, 1.54) is 7.11 Å². The van der Waals surface area contributed by atoms with Gasteiger partial charge < -0.3 is 19.2 Å². The lowest BCUT2D eigenvalue weighted by Gasteiger charge is -2.09. The molecule has 0 fully saturated rings. The molecule has 1 aromatic heterocycles. The maximum atomic E-state index is 11.6. The normalized spacial score (nSPS) is 10.6. The van der Waals surface area contributed by atoms with Crippen LogP contribution in [0.15, 0.2) is 36.4 Å². The minimum atomic E-state index is -0.379. The number of aromatic amines is 1. The smallest absolute Gasteiger partial charge is 0.337 e. The lowest BCUT2D eigenvalue weighted by Crippen LogP contribution is -2.00. The van der Waals surface area contributed by atoms with Crippen molar-refractivity contribution in [2.75, 3.05) is 20.8 Å². The van der Waals surface area contributed by atoms with Gasteiger partial charge >= 0.3 is 5.97 Å². The van der Waals surface area contributed by atoms with Crippen LogP contribution in [0.5, 0.6) is 11.5 Å². The Morgan fingerprint density at radius 2 is 1.96 bits per heavy atom. The average molecular weight is 326 g/mol. The van der Waals surface area contributed by atoms with E-state index < -0.39 is 0 Å². The SMILES string of the molecule is CCOc1ccc(-c2nc3ccc(C(=O)OC)cc3[nH]2)cc1OC. The summed E-state index contributed by atoms with van der Waals surface area (Å²) >= 11 is 0. The van der Waals surface area contributed by atoms with Crippen LogP contribution in [0.25, 0.3) is 22.4 Å². The summed E-state index contributed by atoms with van der Waals surface area (Å²) in [7, 11) is 2.96. The Hall–Kier alpha value is -3.02. The van der Waals surface area contributed by atoms with E-state index in [1.807, 2.05) is 25.1 Å². The van der Waals surface area contributed by atoms with Gasteiger partial charge in [0.2, 0.25) is 0 Å². The summed E-state index contributed by atoms with van der Waals surface area (Å²) in [5.74, 6) is 1.64. The molecular formula is C18H18N2O4. The zero-order valence-corrected chi connectivity index (χ0v) is 13.8. The van der Waals surface area contributed by atoms with Crippen LogP contribution in [0, 0.1) is 0 Å². The number of fused-ring (bicyclic) bond motifs is 1. The third kappa shape index (κ3) is 2.90. The second-order valence-corrected chi connectivity index (χ2v) is 5.11. The van der Waals surface area contributed by atoms with Crippen molar-refractivity contribution < 1.29 is 19.0 Å². The Labute approximate surface area is 139 Å². The third-order valence-corrected chi connectivity index (χ3v) is 3.64. The van der Waals surface area contributed by atoms with Gasteiger partial charge in [-0.15, -0.1) is 0 Å². The fourth-order valence-corrected chi connectivity index (χ4v) is 2.48. The zero-order valence-electron chi connectivity index (χ0n) is 13.8. The van der Waals surface area contributed by atoms with Gasteiger partial charge in [0.25, 0.3) is 0 Å². The number of methoxy groups -OCH3 is 2. The molecule has 0 aliphatic heterocycles. The largest absolute Gasteiger partial charge is 0.493 e. The van der Waals surface area contributed by atoms with Crippen molar-refractivity contribution in [1.29, 1.82) is 0 Å². The van der Waals surface area contributed by atoms with E-state index in [9.17, 15) is 4.79 Å². The molecule has 0 amide bonds. The van der Waals surface area contributed by atoms with Crippen molar-refractivity contribution in [2.24, 2.45) is 0 Å². The van der Waals surface area contributed by atoms with Crippen LogP contribution in [0.2, 0.25) is 0 Å². The molecule has 1 N–H and O–H groups in total. The van der Waals surface area contributed by atoms with E-state index in [0.717, 1.165) is 16.6 Å². The van der Waals surface area contributed by atoms with Crippen LogP contribution in [-0.4, -0.2) is 36.8 Å². The molecule has 24 heavy (non-hydrogen) atoms. The van der Waals surface area contributed by atoms with E-state index in [-0.39, 0.29) is 5.97 Å². The number of imidazole rings is 1. The molecule has 0 aliphatic carbocycles. The number of carbonyl (C=O) groups excluding carboxylic acids is 1. The van der Waals surface area contributed by atoms with Gasteiger partial charge in [0.15, 0.2) is 11.5 Å². The molecule has 0 saturated carbocycles. The predicted molar refractivity (Wildman–Crippen MR) is 90.6 cm³/mol. The van der Waals surface area contributed by atoms with Gasteiger partial charge in [-0.1, -0.05) is 0 Å². The molecule has 6 heteroatoms. The van der Waals surface area contributed by atoms with Gasteiger partial charge in [0.1, 0.15) is 5.82 Å². The number of carbonyl (C=O) groups is 1. The fourth-order valence-electron chi connectivity index (χ4n) is 2.48. The highest BCUT2D eigenvalue weighted by atomic mass is 16.5. The van der Waals surface area contributed by atoms with Crippen molar-refractivity contribution in [3.63, 3.8) is 0 Å². The molecule has 3 aromatic rings. The van der Waals surface area contributed by atoms with Gasteiger partial charge in [-0.2, -0.15) is 0 Å². The molecule has 3 rings (SSSR count). The molecular weight excluding hydrogens is 308 g/mol. The molecule has 0 radical (unpaired) electrons. The summed E-state index contributed by atoms with van der Waals surface area (Å²) in [6, 6.07) is 10.8. The summed E-state index contributed by atoms with van der Waals surface area (Å²) in [6.45, 7) is 2.49. The first-order valence-corrected chi connectivity index (χ1v) is 7.55. The van der Waals surface area contributed by atoms with E-state index in [4.69, 9.17) is 14.2 Å². The predicted octanol–water partition coefficient (Wildman–Crippen LogP) is 3.42. The first-order chi connectivity index (χ1) is 11.7. The van der Waals surface area contributed by atoms with Crippen LogP contribution in [0.4, 0.5) is 0 Å². The van der Waals surface area contributed by atoms with Crippen LogP contribution in [0.3, 0.4) is 0 Å². The highest BCUT2D eigenvalue weighted by Crippen LogP contribution is 2.32. The maximum Gasteiger partial charge on any atom is 0.337 e. The monoisotopic (exact) mass is 326 g/mol. The number of hydrogen-bond acceptors (Lipinski definition) is 5. The number of nitrogens with one attached hydrogen (secondary N) is 1. The first kappa shape index (κ1) is 15.9. The van der Waals surface area contributed by atoms with Crippen LogP contribution < -0.4 is 9.47 Å². The number of hydrogen-bond donors (Lipinski definition) is 1. The summed E-state index contributed by atoms with van der Waals surface area (Å²) in [5, 5.41) is 0. The molecule has 6 nitrogen and oxygen atoms in total. The van der Waals surface area contributed by atoms with Crippen LogP contribution >= 0.6 is 0 Å².